The molecule has 1 atom stereocenters. The second-order valence-corrected chi connectivity index (χ2v) is 9.22. The maximum absolute atomic E-state index is 12.8. The molecule has 28 heavy (non-hydrogen) atoms. The van der Waals surface area contributed by atoms with Gasteiger partial charge in [-0.2, -0.15) is 17.0 Å². The van der Waals surface area contributed by atoms with Gasteiger partial charge >= 0.3 is 0 Å². The number of methoxy groups -OCH3 is 2. The number of rotatable bonds is 7. The predicted octanol–water partition coefficient (Wildman–Crippen LogP) is 1.09. The maximum Gasteiger partial charge on any atom is 0.282 e. The van der Waals surface area contributed by atoms with Crippen molar-refractivity contribution in [3.63, 3.8) is 0 Å². The Morgan fingerprint density at radius 3 is 2.21 bits per heavy atom. The molecule has 2 heterocycles. The summed E-state index contributed by atoms with van der Waals surface area (Å²) in [5.41, 5.74) is 0.671. The van der Waals surface area contributed by atoms with Gasteiger partial charge in [0.15, 0.2) is 0 Å². The highest BCUT2D eigenvalue weighted by Crippen LogP contribution is 2.30. The van der Waals surface area contributed by atoms with E-state index in [0.29, 0.717) is 62.9 Å². The molecule has 8 nitrogen and oxygen atoms in total. The molecule has 0 aliphatic carbocycles. The van der Waals surface area contributed by atoms with Crippen molar-refractivity contribution in [1.82, 2.24) is 13.5 Å². The van der Waals surface area contributed by atoms with Crippen LogP contribution in [0.5, 0.6) is 11.5 Å². The molecular weight excluding hydrogens is 382 g/mol. The summed E-state index contributed by atoms with van der Waals surface area (Å²) in [5, 5.41) is 10.7. The average Bonchev–Trinajstić information content (AvgIpc) is 2.74. The minimum atomic E-state index is -3.37. The highest BCUT2D eigenvalue weighted by molar-refractivity contribution is 7.86. The molecule has 2 fully saturated rings. The molecular formula is C19H31N3O5S. The van der Waals surface area contributed by atoms with Crippen LogP contribution in [0.1, 0.15) is 30.9 Å². The molecule has 0 spiro atoms. The van der Waals surface area contributed by atoms with Gasteiger partial charge in [0.2, 0.25) is 0 Å². The molecule has 0 saturated carbocycles. The van der Waals surface area contributed by atoms with Crippen molar-refractivity contribution >= 4 is 10.2 Å². The monoisotopic (exact) mass is 413 g/mol. The second kappa shape index (κ2) is 9.41. The number of nitrogens with zero attached hydrogens (tertiary/aromatic N) is 3. The molecule has 0 bridgehead atoms. The van der Waals surface area contributed by atoms with Gasteiger partial charge in [-0.1, -0.05) is 6.42 Å². The van der Waals surface area contributed by atoms with E-state index in [4.69, 9.17) is 9.47 Å². The van der Waals surface area contributed by atoms with Gasteiger partial charge in [0.05, 0.1) is 20.3 Å². The zero-order chi connectivity index (χ0) is 20.1. The lowest BCUT2D eigenvalue weighted by Crippen LogP contribution is -2.54. The Morgan fingerprint density at radius 2 is 1.61 bits per heavy atom. The average molecular weight is 414 g/mol. The Hall–Kier alpha value is -1.39. The predicted molar refractivity (Wildman–Crippen MR) is 107 cm³/mol. The number of aliphatic hydroxyl groups excluding tert-OH is 1. The van der Waals surface area contributed by atoms with Crippen LogP contribution in [0.2, 0.25) is 0 Å². The Balaban J connectivity index is 1.58. The lowest BCUT2D eigenvalue weighted by molar-refractivity contribution is 0.0887. The molecule has 2 aliphatic heterocycles. The maximum atomic E-state index is 12.8. The molecule has 0 radical (unpaired) electrons. The Kier molecular flexibility index (Phi) is 7.16. The van der Waals surface area contributed by atoms with Crippen LogP contribution in [0.4, 0.5) is 0 Å². The standard InChI is InChI=1S/C19H31N3O5S/c1-26-16-6-7-19(27-2)17(14-16)18(23)15-20-10-12-22(13-11-20)28(24,25)21-8-4-3-5-9-21/h6-7,14,18,23H,3-5,8-13,15H2,1-2H3/t18-/m0/s1. The van der Waals surface area contributed by atoms with Crippen molar-refractivity contribution in [3.8, 4) is 11.5 Å². The van der Waals surface area contributed by atoms with Crippen LogP contribution in [-0.2, 0) is 10.2 Å². The Morgan fingerprint density at radius 1 is 0.964 bits per heavy atom. The van der Waals surface area contributed by atoms with Gasteiger partial charge < -0.3 is 14.6 Å². The smallest absolute Gasteiger partial charge is 0.282 e. The van der Waals surface area contributed by atoms with Crippen molar-refractivity contribution in [2.45, 2.75) is 25.4 Å². The molecule has 2 saturated heterocycles. The summed E-state index contributed by atoms with van der Waals surface area (Å²) < 4.78 is 39.4. The molecule has 9 heteroatoms. The van der Waals surface area contributed by atoms with Crippen LogP contribution in [0.3, 0.4) is 0 Å². The van der Waals surface area contributed by atoms with Crippen LogP contribution in [0, 0.1) is 0 Å². The van der Waals surface area contributed by atoms with Crippen molar-refractivity contribution in [2.75, 3.05) is 60.0 Å². The third-order valence-corrected chi connectivity index (χ3v) is 7.56. The molecule has 1 N–H and O–H groups in total. The zero-order valence-corrected chi connectivity index (χ0v) is 17.5. The van der Waals surface area contributed by atoms with Gasteiger partial charge in [0.25, 0.3) is 10.2 Å². The number of ether oxygens (including phenoxy) is 2. The highest BCUT2D eigenvalue weighted by Gasteiger charge is 2.33. The zero-order valence-electron chi connectivity index (χ0n) is 16.7. The van der Waals surface area contributed by atoms with Crippen LogP contribution in [0.15, 0.2) is 18.2 Å². The van der Waals surface area contributed by atoms with Crippen LogP contribution in [-0.4, -0.2) is 87.1 Å². The number of piperazine rings is 1. The topological polar surface area (TPSA) is 82.5 Å². The summed E-state index contributed by atoms with van der Waals surface area (Å²) in [5.74, 6) is 1.27. The van der Waals surface area contributed by atoms with Crippen molar-refractivity contribution in [2.24, 2.45) is 0 Å². The van der Waals surface area contributed by atoms with Crippen LogP contribution < -0.4 is 9.47 Å². The van der Waals surface area contributed by atoms with E-state index in [9.17, 15) is 13.5 Å². The molecule has 0 aromatic heterocycles. The fourth-order valence-electron chi connectivity index (χ4n) is 3.84. The fourth-order valence-corrected chi connectivity index (χ4v) is 5.52. The van der Waals surface area contributed by atoms with Gasteiger partial charge in [-0.25, -0.2) is 0 Å². The van der Waals surface area contributed by atoms with E-state index in [1.165, 1.54) is 0 Å². The van der Waals surface area contributed by atoms with Crippen molar-refractivity contribution in [3.05, 3.63) is 23.8 Å². The summed E-state index contributed by atoms with van der Waals surface area (Å²) >= 11 is 0. The molecule has 0 unspecified atom stereocenters. The molecule has 2 aliphatic rings. The number of hydrogen-bond acceptors (Lipinski definition) is 6. The number of β-amino-alcohol motifs (C(OH)–C–C–N with tert-alkyl or cyclic N) is 1. The van der Waals surface area contributed by atoms with Crippen LogP contribution >= 0.6 is 0 Å². The Bertz CT molecular complexity index is 744. The number of aliphatic hydroxyl groups is 1. The Labute approximate surface area is 167 Å². The van der Waals surface area contributed by atoms with Gasteiger partial charge in [0.1, 0.15) is 11.5 Å². The summed E-state index contributed by atoms with van der Waals surface area (Å²) in [6.45, 7) is 3.74. The third kappa shape index (κ3) is 4.77. The van der Waals surface area contributed by atoms with Crippen LogP contribution in [0.25, 0.3) is 0 Å². The van der Waals surface area contributed by atoms with Crippen molar-refractivity contribution in [1.29, 1.82) is 0 Å². The summed E-state index contributed by atoms with van der Waals surface area (Å²) in [4.78, 5) is 2.09. The highest BCUT2D eigenvalue weighted by atomic mass is 32.2. The first kappa shape index (κ1) is 21.3. The van der Waals surface area contributed by atoms with Gasteiger partial charge in [0, 0.05) is 51.4 Å². The largest absolute Gasteiger partial charge is 0.497 e. The van der Waals surface area contributed by atoms with E-state index >= 15 is 0 Å². The molecule has 0 amide bonds. The van der Waals surface area contributed by atoms with E-state index in [0.717, 1.165) is 19.3 Å². The molecule has 158 valence electrons. The lowest BCUT2D eigenvalue weighted by atomic mass is 10.1. The first-order valence-corrected chi connectivity index (χ1v) is 11.2. The number of benzene rings is 1. The fraction of sp³-hybridized carbons (Fsp3) is 0.684. The van der Waals surface area contributed by atoms with E-state index in [1.807, 2.05) is 0 Å². The van der Waals surface area contributed by atoms with Gasteiger partial charge in [-0.05, 0) is 31.0 Å². The van der Waals surface area contributed by atoms with Crippen molar-refractivity contribution < 1.29 is 23.0 Å². The first-order valence-electron chi connectivity index (χ1n) is 9.83. The summed E-state index contributed by atoms with van der Waals surface area (Å²) in [7, 11) is -0.213. The molecule has 3 rings (SSSR count). The normalized spacial score (nSPS) is 21.4. The summed E-state index contributed by atoms with van der Waals surface area (Å²) in [6.07, 6.45) is 2.24. The molecule has 1 aromatic carbocycles. The second-order valence-electron chi connectivity index (χ2n) is 7.29. The van der Waals surface area contributed by atoms with Gasteiger partial charge in [-0.15, -0.1) is 0 Å². The molecule has 1 aromatic rings. The van der Waals surface area contributed by atoms with E-state index in [2.05, 4.69) is 4.90 Å². The first-order chi connectivity index (χ1) is 13.5. The third-order valence-electron chi connectivity index (χ3n) is 5.53. The van der Waals surface area contributed by atoms with E-state index in [-0.39, 0.29) is 0 Å². The minimum absolute atomic E-state index is 0.418. The SMILES string of the molecule is COc1ccc(OC)c([C@@H](O)CN2CCN(S(=O)(=O)N3CCCCC3)CC2)c1. The number of piperidine rings is 1. The van der Waals surface area contributed by atoms with Gasteiger partial charge in [-0.3, -0.25) is 4.90 Å². The van der Waals surface area contributed by atoms with E-state index < -0.39 is 16.3 Å². The number of hydrogen-bond donors (Lipinski definition) is 1. The quantitative estimate of drug-likeness (QED) is 0.721. The van der Waals surface area contributed by atoms with E-state index in [1.54, 1.807) is 41.0 Å². The summed E-state index contributed by atoms with van der Waals surface area (Å²) in [6, 6.07) is 5.35. The lowest BCUT2D eigenvalue weighted by Gasteiger charge is -2.38. The minimum Gasteiger partial charge on any atom is -0.497 e.